The molecule has 2 saturated heterocycles. The van der Waals surface area contributed by atoms with Gasteiger partial charge < -0.3 is 14.9 Å². The van der Waals surface area contributed by atoms with Crippen LogP contribution < -0.4 is 0 Å². The number of nitrogens with zero attached hydrogens (tertiary/aromatic N) is 3. The topological polar surface area (TPSA) is 30.0 Å². The summed E-state index contributed by atoms with van der Waals surface area (Å²) in [6.07, 6.45) is 2.56. The molecule has 0 bridgehead atoms. The van der Waals surface area contributed by atoms with E-state index in [-0.39, 0.29) is 0 Å². The maximum absolute atomic E-state index is 8.90. The molecule has 16 heavy (non-hydrogen) atoms. The molecule has 0 amide bonds. The Bertz CT molecular complexity index is 196. The van der Waals surface area contributed by atoms with Crippen LogP contribution in [-0.4, -0.2) is 85.3 Å². The Morgan fingerprint density at radius 2 is 1.62 bits per heavy atom. The van der Waals surface area contributed by atoms with Crippen molar-refractivity contribution >= 4 is 0 Å². The molecule has 4 nitrogen and oxygen atoms in total. The molecule has 0 aromatic carbocycles. The van der Waals surface area contributed by atoms with Gasteiger partial charge in [0.2, 0.25) is 0 Å². The predicted molar refractivity (Wildman–Crippen MR) is 65.6 cm³/mol. The summed E-state index contributed by atoms with van der Waals surface area (Å²) in [5.74, 6) is 0. The van der Waals surface area contributed by atoms with E-state index in [1.54, 1.807) is 0 Å². The summed E-state index contributed by atoms with van der Waals surface area (Å²) in [5, 5.41) is 8.90. The van der Waals surface area contributed by atoms with Crippen molar-refractivity contribution in [1.82, 2.24) is 14.7 Å². The third-order valence-corrected chi connectivity index (χ3v) is 4.03. The standard InChI is InChI=1S/C12H25N3O/c1-13-6-8-15(9-7-13)12-2-4-14(5-3-12)10-11-16/h12,16H,2-11H2,1H3. The summed E-state index contributed by atoms with van der Waals surface area (Å²) in [5.41, 5.74) is 0. The molecule has 0 atom stereocenters. The second-order valence-electron chi connectivity index (χ2n) is 5.14. The van der Waals surface area contributed by atoms with Crippen LogP contribution in [0.4, 0.5) is 0 Å². The van der Waals surface area contributed by atoms with Crippen molar-refractivity contribution < 1.29 is 5.11 Å². The Morgan fingerprint density at radius 3 is 2.19 bits per heavy atom. The van der Waals surface area contributed by atoms with Gasteiger partial charge in [-0.3, -0.25) is 4.90 Å². The van der Waals surface area contributed by atoms with Crippen LogP contribution in [0.25, 0.3) is 0 Å². The molecule has 0 aromatic rings. The lowest BCUT2D eigenvalue weighted by atomic mass is 10.0. The van der Waals surface area contributed by atoms with Crippen LogP contribution >= 0.6 is 0 Å². The van der Waals surface area contributed by atoms with Gasteiger partial charge in [0.05, 0.1) is 6.61 Å². The van der Waals surface area contributed by atoms with Crippen molar-refractivity contribution in [2.24, 2.45) is 0 Å². The normalized spacial score (nSPS) is 27.4. The fraction of sp³-hybridized carbons (Fsp3) is 1.00. The fourth-order valence-electron chi connectivity index (χ4n) is 2.84. The molecule has 2 aliphatic heterocycles. The second kappa shape index (κ2) is 5.96. The lowest BCUT2D eigenvalue weighted by Crippen LogP contribution is -2.52. The molecule has 4 heteroatoms. The van der Waals surface area contributed by atoms with Gasteiger partial charge in [-0.1, -0.05) is 0 Å². The van der Waals surface area contributed by atoms with Crippen LogP contribution in [-0.2, 0) is 0 Å². The molecule has 0 aromatic heterocycles. The van der Waals surface area contributed by atoms with Gasteiger partial charge in [-0.15, -0.1) is 0 Å². The highest BCUT2D eigenvalue weighted by molar-refractivity contribution is 4.82. The zero-order chi connectivity index (χ0) is 11.4. The Balaban J connectivity index is 1.72. The lowest BCUT2D eigenvalue weighted by Gasteiger charge is -2.42. The number of hydrogen-bond donors (Lipinski definition) is 1. The van der Waals surface area contributed by atoms with Gasteiger partial charge >= 0.3 is 0 Å². The van der Waals surface area contributed by atoms with Gasteiger partial charge in [-0.2, -0.15) is 0 Å². The van der Waals surface area contributed by atoms with Gasteiger partial charge in [-0.05, 0) is 33.0 Å². The van der Waals surface area contributed by atoms with E-state index >= 15 is 0 Å². The Morgan fingerprint density at radius 1 is 1.00 bits per heavy atom. The number of piperazine rings is 1. The number of piperidine rings is 1. The number of likely N-dealkylation sites (tertiary alicyclic amines) is 1. The van der Waals surface area contributed by atoms with Gasteiger partial charge in [0.1, 0.15) is 0 Å². The summed E-state index contributed by atoms with van der Waals surface area (Å²) in [6.45, 7) is 8.40. The average molecular weight is 227 g/mol. The van der Waals surface area contributed by atoms with Crippen molar-refractivity contribution in [3.05, 3.63) is 0 Å². The highest BCUT2D eigenvalue weighted by atomic mass is 16.3. The Hall–Kier alpha value is -0.160. The molecule has 0 aliphatic carbocycles. The first kappa shape index (κ1) is 12.3. The monoisotopic (exact) mass is 227 g/mol. The minimum absolute atomic E-state index is 0.305. The number of β-amino-alcohol motifs (C(OH)–C–C–N with tert-alkyl or cyclic N) is 1. The zero-order valence-corrected chi connectivity index (χ0v) is 10.4. The average Bonchev–Trinajstić information content (AvgIpc) is 2.32. The first-order valence-electron chi connectivity index (χ1n) is 6.55. The van der Waals surface area contributed by atoms with Crippen molar-refractivity contribution in [1.29, 1.82) is 0 Å². The minimum Gasteiger partial charge on any atom is -0.395 e. The number of aliphatic hydroxyl groups excluding tert-OH is 1. The molecule has 0 unspecified atom stereocenters. The van der Waals surface area contributed by atoms with E-state index in [0.717, 1.165) is 25.7 Å². The summed E-state index contributed by atoms with van der Waals surface area (Å²) >= 11 is 0. The first-order valence-corrected chi connectivity index (χ1v) is 6.55. The van der Waals surface area contributed by atoms with E-state index < -0.39 is 0 Å². The molecule has 94 valence electrons. The fourth-order valence-corrected chi connectivity index (χ4v) is 2.84. The summed E-state index contributed by atoms with van der Waals surface area (Å²) in [4.78, 5) is 7.46. The summed E-state index contributed by atoms with van der Waals surface area (Å²) < 4.78 is 0. The Labute approximate surface area is 98.8 Å². The van der Waals surface area contributed by atoms with Crippen molar-refractivity contribution in [3.63, 3.8) is 0 Å². The van der Waals surface area contributed by atoms with Crippen molar-refractivity contribution in [2.45, 2.75) is 18.9 Å². The van der Waals surface area contributed by atoms with Gasteiger partial charge in [0, 0.05) is 38.8 Å². The van der Waals surface area contributed by atoms with Crippen LogP contribution in [0.2, 0.25) is 0 Å². The van der Waals surface area contributed by atoms with Crippen LogP contribution in [0.5, 0.6) is 0 Å². The van der Waals surface area contributed by atoms with E-state index in [1.807, 2.05) is 0 Å². The third-order valence-electron chi connectivity index (χ3n) is 4.03. The number of rotatable bonds is 3. The lowest BCUT2D eigenvalue weighted by molar-refractivity contribution is 0.0626. The van der Waals surface area contributed by atoms with Crippen LogP contribution in [0.1, 0.15) is 12.8 Å². The molecular formula is C12H25N3O. The zero-order valence-electron chi connectivity index (χ0n) is 10.4. The molecule has 2 rings (SSSR count). The van der Waals surface area contributed by atoms with E-state index in [2.05, 4.69) is 21.7 Å². The van der Waals surface area contributed by atoms with Gasteiger partial charge in [0.25, 0.3) is 0 Å². The highest BCUT2D eigenvalue weighted by Gasteiger charge is 2.26. The molecule has 0 radical (unpaired) electrons. The van der Waals surface area contributed by atoms with Gasteiger partial charge in [0.15, 0.2) is 0 Å². The molecule has 2 heterocycles. The smallest absolute Gasteiger partial charge is 0.0558 e. The quantitative estimate of drug-likeness (QED) is 0.716. The van der Waals surface area contributed by atoms with Gasteiger partial charge in [-0.25, -0.2) is 0 Å². The van der Waals surface area contributed by atoms with Crippen LogP contribution in [0, 0.1) is 0 Å². The first-order chi connectivity index (χ1) is 7.79. The number of hydrogen-bond acceptors (Lipinski definition) is 4. The Kier molecular flexibility index (Phi) is 4.58. The molecule has 0 saturated carbocycles. The minimum atomic E-state index is 0.305. The van der Waals surface area contributed by atoms with Crippen LogP contribution in [0.3, 0.4) is 0 Å². The molecular weight excluding hydrogens is 202 g/mol. The van der Waals surface area contributed by atoms with Crippen molar-refractivity contribution in [2.75, 3.05) is 59.5 Å². The molecule has 1 N–H and O–H groups in total. The number of aliphatic hydroxyl groups is 1. The van der Waals surface area contributed by atoms with Crippen LogP contribution in [0.15, 0.2) is 0 Å². The van der Waals surface area contributed by atoms with E-state index in [1.165, 1.54) is 39.0 Å². The summed E-state index contributed by atoms with van der Waals surface area (Å²) in [6, 6.07) is 0.795. The molecule has 0 spiro atoms. The maximum Gasteiger partial charge on any atom is 0.0558 e. The second-order valence-corrected chi connectivity index (χ2v) is 5.14. The third kappa shape index (κ3) is 3.17. The van der Waals surface area contributed by atoms with E-state index in [4.69, 9.17) is 5.11 Å². The summed E-state index contributed by atoms with van der Waals surface area (Å²) in [7, 11) is 2.21. The van der Waals surface area contributed by atoms with E-state index in [0.29, 0.717) is 6.61 Å². The largest absolute Gasteiger partial charge is 0.395 e. The predicted octanol–water partition coefficient (Wildman–Crippen LogP) is -0.309. The SMILES string of the molecule is CN1CCN(C2CCN(CCO)CC2)CC1. The maximum atomic E-state index is 8.90. The highest BCUT2D eigenvalue weighted by Crippen LogP contribution is 2.17. The van der Waals surface area contributed by atoms with E-state index in [9.17, 15) is 0 Å². The van der Waals surface area contributed by atoms with Crippen molar-refractivity contribution in [3.8, 4) is 0 Å². The molecule has 2 fully saturated rings. The number of likely N-dealkylation sites (N-methyl/N-ethyl adjacent to an activating group) is 1. The molecule has 2 aliphatic rings.